The Morgan fingerprint density at radius 2 is 1.77 bits per heavy atom. The van der Waals surface area contributed by atoms with Crippen LogP contribution in [0.15, 0.2) is 48.5 Å². The van der Waals surface area contributed by atoms with Gasteiger partial charge in [-0.25, -0.2) is 12.8 Å². The summed E-state index contributed by atoms with van der Waals surface area (Å²) in [5.41, 5.74) is 1.44. The number of anilines is 1. The van der Waals surface area contributed by atoms with Gasteiger partial charge in [0.2, 0.25) is 21.8 Å². The van der Waals surface area contributed by atoms with Crippen LogP contribution in [0.3, 0.4) is 0 Å². The first-order valence-electron chi connectivity index (χ1n) is 11.9. The van der Waals surface area contributed by atoms with E-state index in [1.165, 1.54) is 11.0 Å². The largest absolute Gasteiger partial charge is 0.352 e. The molecule has 1 atom stereocenters. The predicted molar refractivity (Wildman–Crippen MR) is 135 cm³/mol. The van der Waals surface area contributed by atoms with Gasteiger partial charge in [0.25, 0.3) is 0 Å². The van der Waals surface area contributed by atoms with Crippen molar-refractivity contribution >= 4 is 27.5 Å². The van der Waals surface area contributed by atoms with E-state index in [0.717, 1.165) is 48.2 Å². The molecule has 2 aromatic rings. The number of benzene rings is 2. The van der Waals surface area contributed by atoms with Gasteiger partial charge in [0, 0.05) is 18.2 Å². The van der Waals surface area contributed by atoms with E-state index in [4.69, 9.17) is 0 Å². The number of hydrogen-bond acceptors (Lipinski definition) is 4. The molecule has 1 aliphatic rings. The van der Waals surface area contributed by atoms with E-state index in [0.29, 0.717) is 5.69 Å². The fourth-order valence-electron chi connectivity index (χ4n) is 4.36. The van der Waals surface area contributed by atoms with Crippen molar-refractivity contribution in [2.75, 3.05) is 17.1 Å². The third-order valence-electron chi connectivity index (χ3n) is 6.39. The molecule has 1 saturated carbocycles. The van der Waals surface area contributed by atoms with Crippen LogP contribution in [0.2, 0.25) is 0 Å². The summed E-state index contributed by atoms with van der Waals surface area (Å²) in [5.74, 6) is -1.42. The quantitative estimate of drug-likeness (QED) is 0.565. The number of rotatable bonds is 9. The lowest BCUT2D eigenvalue weighted by Crippen LogP contribution is -2.53. The first-order chi connectivity index (χ1) is 16.6. The van der Waals surface area contributed by atoms with Crippen LogP contribution < -0.4 is 9.62 Å². The SMILES string of the molecule is Cc1cccc(N(CC(=O)N(Cc2ccccc2F)C(C)C(=O)NC2CCCCC2)S(C)(=O)=O)c1. The van der Waals surface area contributed by atoms with Gasteiger partial charge in [-0.2, -0.15) is 0 Å². The Balaban J connectivity index is 1.88. The Morgan fingerprint density at radius 3 is 2.40 bits per heavy atom. The molecule has 1 aliphatic carbocycles. The molecule has 0 heterocycles. The third-order valence-corrected chi connectivity index (χ3v) is 7.53. The zero-order chi connectivity index (χ0) is 25.6. The van der Waals surface area contributed by atoms with Gasteiger partial charge >= 0.3 is 0 Å². The number of carbonyl (C=O) groups is 2. The molecule has 2 aromatic carbocycles. The normalized spacial score (nSPS) is 15.3. The van der Waals surface area contributed by atoms with E-state index in [-0.39, 0.29) is 24.1 Å². The molecule has 7 nitrogen and oxygen atoms in total. The third kappa shape index (κ3) is 7.27. The summed E-state index contributed by atoms with van der Waals surface area (Å²) in [6, 6.07) is 12.0. The zero-order valence-electron chi connectivity index (χ0n) is 20.5. The van der Waals surface area contributed by atoms with Crippen LogP contribution >= 0.6 is 0 Å². The Morgan fingerprint density at radius 1 is 1.09 bits per heavy atom. The number of halogens is 1. The van der Waals surface area contributed by atoms with Crippen molar-refractivity contribution in [2.45, 2.75) is 64.6 Å². The van der Waals surface area contributed by atoms with Gasteiger partial charge in [0.1, 0.15) is 18.4 Å². The Hall–Kier alpha value is -2.94. The van der Waals surface area contributed by atoms with E-state index >= 15 is 0 Å². The smallest absolute Gasteiger partial charge is 0.244 e. The fraction of sp³-hybridized carbons (Fsp3) is 0.462. The van der Waals surface area contributed by atoms with Crippen LogP contribution in [-0.4, -0.2) is 50.0 Å². The summed E-state index contributed by atoms with van der Waals surface area (Å²) in [7, 11) is -3.80. The lowest BCUT2D eigenvalue weighted by atomic mass is 9.95. The minimum absolute atomic E-state index is 0.0453. The molecule has 190 valence electrons. The van der Waals surface area contributed by atoms with Crippen LogP contribution in [-0.2, 0) is 26.2 Å². The van der Waals surface area contributed by atoms with Crippen molar-refractivity contribution in [2.24, 2.45) is 0 Å². The summed E-state index contributed by atoms with van der Waals surface area (Å²) in [6.45, 7) is 2.76. The number of nitrogens with one attached hydrogen (secondary N) is 1. The van der Waals surface area contributed by atoms with Gasteiger partial charge in [-0.3, -0.25) is 13.9 Å². The van der Waals surface area contributed by atoms with Gasteiger partial charge in [-0.15, -0.1) is 0 Å². The highest BCUT2D eigenvalue weighted by Crippen LogP contribution is 2.21. The second kappa shape index (κ2) is 11.7. The summed E-state index contributed by atoms with van der Waals surface area (Å²) < 4.78 is 40.7. The molecule has 35 heavy (non-hydrogen) atoms. The van der Waals surface area contributed by atoms with Crippen LogP contribution in [0.1, 0.15) is 50.2 Å². The molecule has 1 N–H and O–H groups in total. The molecule has 0 aliphatic heterocycles. The maximum absolute atomic E-state index is 14.5. The Bertz CT molecular complexity index is 1150. The highest BCUT2D eigenvalue weighted by Gasteiger charge is 2.31. The summed E-state index contributed by atoms with van der Waals surface area (Å²) in [4.78, 5) is 27.9. The Kier molecular flexibility index (Phi) is 8.88. The van der Waals surface area contributed by atoms with E-state index in [1.54, 1.807) is 43.3 Å². The molecular formula is C26H34FN3O4S. The van der Waals surface area contributed by atoms with Gasteiger partial charge < -0.3 is 10.2 Å². The highest BCUT2D eigenvalue weighted by atomic mass is 32.2. The van der Waals surface area contributed by atoms with Crippen molar-refractivity contribution in [3.63, 3.8) is 0 Å². The number of amides is 2. The van der Waals surface area contributed by atoms with Gasteiger partial charge in [-0.1, -0.05) is 49.6 Å². The Labute approximate surface area is 207 Å². The van der Waals surface area contributed by atoms with Crippen molar-refractivity contribution in [1.82, 2.24) is 10.2 Å². The molecule has 1 fully saturated rings. The van der Waals surface area contributed by atoms with Crippen LogP contribution in [0.5, 0.6) is 0 Å². The van der Waals surface area contributed by atoms with Crippen molar-refractivity contribution in [3.8, 4) is 0 Å². The van der Waals surface area contributed by atoms with Crippen molar-refractivity contribution < 1.29 is 22.4 Å². The monoisotopic (exact) mass is 503 g/mol. The van der Waals surface area contributed by atoms with Gasteiger partial charge in [0.15, 0.2) is 0 Å². The number of aryl methyl sites for hydroxylation is 1. The van der Waals surface area contributed by atoms with Crippen LogP contribution in [0.4, 0.5) is 10.1 Å². The topological polar surface area (TPSA) is 86.8 Å². The van der Waals surface area contributed by atoms with E-state index in [2.05, 4.69) is 5.32 Å². The summed E-state index contributed by atoms with van der Waals surface area (Å²) in [6.07, 6.45) is 6.01. The molecule has 9 heteroatoms. The standard InChI is InChI=1S/C26H34FN3O4S/c1-19-10-9-14-23(16-19)30(35(3,33)34)18-25(31)29(17-21-11-7-8-15-24(21)27)20(2)26(32)28-22-12-5-4-6-13-22/h7-11,14-16,20,22H,4-6,12-13,17-18H2,1-3H3,(H,28,32). The van der Waals surface area contributed by atoms with Crippen LogP contribution in [0.25, 0.3) is 0 Å². The van der Waals surface area contributed by atoms with Crippen molar-refractivity contribution in [3.05, 3.63) is 65.5 Å². The molecule has 3 rings (SSSR count). The first-order valence-corrected chi connectivity index (χ1v) is 13.8. The summed E-state index contributed by atoms with van der Waals surface area (Å²) >= 11 is 0. The number of carbonyl (C=O) groups excluding carboxylic acids is 2. The summed E-state index contributed by atoms with van der Waals surface area (Å²) in [5, 5.41) is 3.02. The van der Waals surface area contributed by atoms with Gasteiger partial charge in [-0.05, 0) is 50.5 Å². The second-order valence-corrected chi connectivity index (χ2v) is 11.1. The number of hydrogen-bond donors (Lipinski definition) is 1. The molecule has 0 spiro atoms. The molecule has 0 saturated heterocycles. The average Bonchev–Trinajstić information content (AvgIpc) is 2.81. The molecule has 2 amide bonds. The number of nitrogens with zero attached hydrogens (tertiary/aromatic N) is 2. The van der Waals surface area contributed by atoms with Gasteiger partial charge in [0.05, 0.1) is 11.9 Å². The zero-order valence-corrected chi connectivity index (χ0v) is 21.4. The van der Waals surface area contributed by atoms with E-state index < -0.39 is 34.3 Å². The maximum atomic E-state index is 14.5. The second-order valence-electron chi connectivity index (χ2n) is 9.24. The maximum Gasteiger partial charge on any atom is 0.244 e. The molecular weight excluding hydrogens is 469 g/mol. The number of sulfonamides is 1. The highest BCUT2D eigenvalue weighted by molar-refractivity contribution is 7.92. The fourth-order valence-corrected chi connectivity index (χ4v) is 5.20. The van der Waals surface area contributed by atoms with Crippen LogP contribution in [0, 0.1) is 12.7 Å². The molecule has 1 unspecified atom stereocenters. The first kappa shape index (κ1) is 26.7. The molecule has 0 radical (unpaired) electrons. The van der Waals surface area contributed by atoms with E-state index in [9.17, 15) is 22.4 Å². The van der Waals surface area contributed by atoms with Crippen molar-refractivity contribution in [1.29, 1.82) is 0 Å². The predicted octanol–water partition coefficient (Wildman–Crippen LogP) is 3.77. The lowest BCUT2D eigenvalue weighted by Gasteiger charge is -2.33. The minimum atomic E-state index is -3.80. The molecule has 0 bridgehead atoms. The minimum Gasteiger partial charge on any atom is -0.352 e. The molecule has 0 aromatic heterocycles. The van der Waals surface area contributed by atoms with E-state index in [1.807, 2.05) is 13.0 Å². The average molecular weight is 504 g/mol. The lowest BCUT2D eigenvalue weighted by molar-refractivity contribution is -0.139.